The zero-order valence-electron chi connectivity index (χ0n) is 16.9. The lowest BCUT2D eigenvalue weighted by Crippen LogP contribution is -2.04. The van der Waals surface area contributed by atoms with Crippen LogP contribution >= 0.6 is 0 Å². The molecule has 0 N–H and O–H groups in total. The van der Waals surface area contributed by atoms with Crippen LogP contribution in [0.15, 0.2) is 101 Å². The molecule has 158 valence electrons. The monoisotopic (exact) mass is 443 g/mol. The van der Waals surface area contributed by atoms with Crippen molar-refractivity contribution in [2.75, 3.05) is 0 Å². The van der Waals surface area contributed by atoms with Gasteiger partial charge in [-0.15, -0.1) is 0 Å². The number of rotatable bonds is 6. The van der Waals surface area contributed by atoms with Crippen LogP contribution in [0.3, 0.4) is 0 Å². The number of hydrogen-bond acceptors (Lipinski definition) is 4. The fourth-order valence-electron chi connectivity index (χ4n) is 3.32. The number of benzene rings is 4. The Morgan fingerprint density at radius 3 is 2.31 bits per heavy atom. The van der Waals surface area contributed by atoms with Crippen molar-refractivity contribution in [3.05, 3.63) is 113 Å². The third-order valence-corrected chi connectivity index (χ3v) is 6.65. The first-order chi connectivity index (χ1) is 15.5. The number of halogens is 1. The second-order valence-corrected chi connectivity index (χ2v) is 8.97. The summed E-state index contributed by atoms with van der Waals surface area (Å²) in [4.78, 5) is -0.339. The van der Waals surface area contributed by atoms with Gasteiger partial charge in [-0.25, -0.2) is 12.8 Å². The molecule has 0 heterocycles. The molecule has 4 aromatic rings. The third-order valence-electron chi connectivity index (χ3n) is 4.97. The summed E-state index contributed by atoms with van der Waals surface area (Å²) >= 11 is 0. The maximum absolute atomic E-state index is 13.2. The molecule has 0 fully saturated rings. The lowest BCUT2D eigenvalue weighted by atomic mass is 10.0. The number of nitrogens with zero attached hydrogens (tertiary/aromatic N) is 1. The van der Waals surface area contributed by atoms with Crippen molar-refractivity contribution in [3.8, 4) is 11.8 Å². The Morgan fingerprint density at radius 2 is 1.59 bits per heavy atom. The summed E-state index contributed by atoms with van der Waals surface area (Å²) in [6.45, 7) is 0.160. The highest BCUT2D eigenvalue weighted by Gasteiger charge is 2.22. The molecule has 0 saturated carbocycles. The first kappa shape index (κ1) is 21.3. The van der Waals surface area contributed by atoms with E-state index in [9.17, 15) is 18.1 Å². The van der Waals surface area contributed by atoms with Crippen molar-refractivity contribution >= 4 is 26.7 Å². The van der Waals surface area contributed by atoms with E-state index in [4.69, 9.17) is 4.74 Å². The SMILES string of the molecule is N#C/C(=C/c1c(OCc2ccc(F)cc2)ccc2ccccc12)S(=O)(=O)c1ccccc1. The summed E-state index contributed by atoms with van der Waals surface area (Å²) in [5.41, 5.74) is 1.24. The first-order valence-electron chi connectivity index (χ1n) is 9.80. The van der Waals surface area contributed by atoms with Crippen molar-refractivity contribution in [1.29, 1.82) is 5.26 Å². The third kappa shape index (κ3) is 4.39. The molecule has 0 atom stereocenters. The van der Waals surface area contributed by atoms with Crippen LogP contribution in [0.2, 0.25) is 0 Å². The van der Waals surface area contributed by atoms with E-state index in [1.807, 2.05) is 36.4 Å². The van der Waals surface area contributed by atoms with Gasteiger partial charge >= 0.3 is 0 Å². The smallest absolute Gasteiger partial charge is 0.216 e. The molecule has 0 bridgehead atoms. The Bertz CT molecular complexity index is 1440. The number of nitriles is 1. The van der Waals surface area contributed by atoms with Gasteiger partial charge in [-0.2, -0.15) is 5.26 Å². The Morgan fingerprint density at radius 1 is 0.906 bits per heavy atom. The van der Waals surface area contributed by atoms with Gasteiger partial charge in [0.15, 0.2) is 0 Å². The molecule has 0 aliphatic heterocycles. The van der Waals surface area contributed by atoms with E-state index in [1.54, 1.807) is 36.4 Å². The molecule has 0 aliphatic rings. The van der Waals surface area contributed by atoms with Gasteiger partial charge in [-0.3, -0.25) is 0 Å². The predicted molar refractivity (Wildman–Crippen MR) is 122 cm³/mol. The average molecular weight is 443 g/mol. The Labute approximate surface area is 185 Å². The molecule has 0 aromatic heterocycles. The van der Waals surface area contributed by atoms with Gasteiger partial charge in [0.1, 0.15) is 29.1 Å². The highest BCUT2D eigenvalue weighted by molar-refractivity contribution is 7.95. The molecular formula is C26H18FNO3S. The number of fused-ring (bicyclic) bond motifs is 1. The van der Waals surface area contributed by atoms with Crippen LogP contribution in [0.25, 0.3) is 16.8 Å². The van der Waals surface area contributed by atoms with Gasteiger partial charge < -0.3 is 4.74 Å². The second kappa shape index (κ2) is 9.04. The minimum atomic E-state index is -4.00. The van der Waals surface area contributed by atoms with Crippen LogP contribution in [0, 0.1) is 17.1 Å². The van der Waals surface area contributed by atoms with Crippen molar-refractivity contribution in [3.63, 3.8) is 0 Å². The topological polar surface area (TPSA) is 67.2 Å². The zero-order valence-corrected chi connectivity index (χ0v) is 17.7. The van der Waals surface area contributed by atoms with Gasteiger partial charge in [-0.1, -0.05) is 60.7 Å². The molecule has 0 amide bonds. The second-order valence-electron chi connectivity index (χ2n) is 7.05. The molecule has 0 unspecified atom stereocenters. The van der Waals surface area contributed by atoms with E-state index < -0.39 is 9.84 Å². The molecule has 0 saturated heterocycles. The van der Waals surface area contributed by atoms with Crippen LogP contribution in [0.1, 0.15) is 11.1 Å². The number of sulfone groups is 1. The molecule has 0 aliphatic carbocycles. The van der Waals surface area contributed by atoms with E-state index in [-0.39, 0.29) is 22.2 Å². The fraction of sp³-hybridized carbons (Fsp3) is 0.0385. The van der Waals surface area contributed by atoms with Crippen LogP contribution < -0.4 is 4.74 Å². The largest absolute Gasteiger partial charge is 0.488 e. The minimum Gasteiger partial charge on any atom is -0.488 e. The number of hydrogen-bond donors (Lipinski definition) is 0. The maximum Gasteiger partial charge on any atom is 0.216 e. The van der Waals surface area contributed by atoms with Crippen LogP contribution in [0.5, 0.6) is 5.75 Å². The number of allylic oxidation sites excluding steroid dienone is 1. The molecule has 4 rings (SSSR count). The maximum atomic E-state index is 13.2. The molecule has 4 aromatic carbocycles. The van der Waals surface area contributed by atoms with Crippen molar-refractivity contribution in [2.45, 2.75) is 11.5 Å². The van der Waals surface area contributed by atoms with Crippen LogP contribution in [-0.4, -0.2) is 8.42 Å². The normalized spacial score (nSPS) is 11.8. The summed E-state index contributed by atoms with van der Waals surface area (Å²) in [7, 11) is -4.00. The first-order valence-corrected chi connectivity index (χ1v) is 11.3. The van der Waals surface area contributed by atoms with E-state index in [0.717, 1.165) is 16.3 Å². The number of ether oxygens (including phenoxy) is 1. The van der Waals surface area contributed by atoms with Gasteiger partial charge in [0.25, 0.3) is 0 Å². The lowest BCUT2D eigenvalue weighted by molar-refractivity contribution is 0.306. The lowest BCUT2D eigenvalue weighted by Gasteiger charge is -2.13. The summed E-state index contributed by atoms with van der Waals surface area (Å²) in [6.07, 6.45) is 1.35. The zero-order chi connectivity index (χ0) is 22.6. The van der Waals surface area contributed by atoms with Gasteiger partial charge in [-0.05, 0) is 52.7 Å². The van der Waals surface area contributed by atoms with Gasteiger partial charge in [0.2, 0.25) is 9.84 Å². The molecule has 4 nitrogen and oxygen atoms in total. The van der Waals surface area contributed by atoms with Gasteiger partial charge in [0.05, 0.1) is 4.90 Å². The predicted octanol–water partition coefficient (Wildman–Crippen LogP) is 5.90. The van der Waals surface area contributed by atoms with E-state index in [2.05, 4.69) is 0 Å². The molecule has 6 heteroatoms. The van der Waals surface area contributed by atoms with Crippen LogP contribution in [0.4, 0.5) is 4.39 Å². The average Bonchev–Trinajstić information content (AvgIpc) is 2.83. The highest BCUT2D eigenvalue weighted by Crippen LogP contribution is 2.32. The van der Waals surface area contributed by atoms with Crippen LogP contribution in [-0.2, 0) is 16.4 Å². The molecule has 0 radical (unpaired) electrons. The van der Waals surface area contributed by atoms with E-state index >= 15 is 0 Å². The van der Waals surface area contributed by atoms with Crippen molar-refractivity contribution < 1.29 is 17.5 Å². The van der Waals surface area contributed by atoms with Gasteiger partial charge in [0, 0.05) is 5.56 Å². The summed E-state index contributed by atoms with van der Waals surface area (Å²) in [6, 6.07) is 26.7. The molecule has 0 spiro atoms. The summed E-state index contributed by atoms with van der Waals surface area (Å²) in [5.74, 6) is 0.0805. The standard InChI is InChI=1S/C26H18FNO3S/c27-21-13-10-19(11-14-21)18-31-26-15-12-20-6-4-5-9-24(20)25(26)16-23(17-28)32(29,30)22-7-2-1-3-8-22/h1-16H,18H2/b23-16-. The van der Waals surface area contributed by atoms with E-state index in [1.165, 1.54) is 30.3 Å². The Kier molecular flexibility index (Phi) is 6.02. The summed E-state index contributed by atoms with van der Waals surface area (Å²) < 4.78 is 45.3. The fourth-order valence-corrected chi connectivity index (χ4v) is 4.48. The van der Waals surface area contributed by atoms with Crippen molar-refractivity contribution in [1.82, 2.24) is 0 Å². The van der Waals surface area contributed by atoms with Crippen molar-refractivity contribution in [2.24, 2.45) is 0 Å². The Balaban J connectivity index is 1.81. The van der Waals surface area contributed by atoms with E-state index in [0.29, 0.717) is 11.3 Å². The molecule has 32 heavy (non-hydrogen) atoms. The minimum absolute atomic E-state index is 0.0433. The highest BCUT2D eigenvalue weighted by atomic mass is 32.2. The summed E-state index contributed by atoms with van der Waals surface area (Å²) in [5, 5.41) is 11.3. The quantitative estimate of drug-likeness (QED) is 0.348. The molecular weight excluding hydrogens is 425 g/mol. The Hall–Kier alpha value is -3.95.